The number of aromatic nitrogens is 1. The Balaban J connectivity index is 0.000000421. The van der Waals surface area contributed by atoms with E-state index < -0.39 is 195 Å². The van der Waals surface area contributed by atoms with E-state index in [4.69, 9.17) is 4.84 Å². The summed E-state index contributed by atoms with van der Waals surface area (Å²) in [4.78, 5) is 5.76. The molecule has 75 heavy (non-hydrogen) atoms. The van der Waals surface area contributed by atoms with Crippen LogP contribution in [0.5, 0.6) is 5.75 Å². The first-order chi connectivity index (χ1) is 34.1. The van der Waals surface area contributed by atoms with Crippen LogP contribution in [0.2, 0.25) is 0 Å². The highest BCUT2D eigenvalue weighted by Crippen LogP contribution is 2.41. The molecule has 0 fully saturated rings. The van der Waals surface area contributed by atoms with Crippen LogP contribution >= 0.6 is 0 Å². The maximum atomic E-state index is 14.2. The minimum absolute atomic E-state index is 0.691. The van der Waals surface area contributed by atoms with Gasteiger partial charge in [-0.1, -0.05) is 84.4 Å². The minimum atomic E-state index is -6.13. The summed E-state index contributed by atoms with van der Waals surface area (Å²) in [6.07, 6.45) is -50.9. The van der Waals surface area contributed by atoms with E-state index in [1.807, 2.05) is 54.9 Å². The van der Waals surface area contributed by atoms with E-state index in [-0.39, 0.29) is 0 Å². The van der Waals surface area contributed by atoms with Gasteiger partial charge in [0.1, 0.15) is 6.15 Å². The lowest BCUT2D eigenvalue weighted by atomic mass is 9.12. The van der Waals surface area contributed by atoms with Crippen LogP contribution in [0, 0.1) is 6.92 Å². The van der Waals surface area contributed by atoms with Crippen LogP contribution in [0.3, 0.4) is 0 Å². The van der Waals surface area contributed by atoms with Gasteiger partial charge in [0.25, 0.3) is 0 Å². The molecule has 6 aromatic carbocycles. The Morgan fingerprint density at radius 1 is 0.320 bits per heavy atom. The molecule has 0 spiro atoms. The van der Waals surface area contributed by atoms with E-state index in [9.17, 15) is 105 Å². The van der Waals surface area contributed by atoms with Gasteiger partial charge in [0.2, 0.25) is 18.1 Å². The lowest BCUT2D eigenvalue weighted by Gasteiger charge is -2.46. The van der Waals surface area contributed by atoms with Gasteiger partial charge in [-0.15, -0.1) is 0 Å². The Morgan fingerprint density at radius 2 is 0.573 bits per heavy atom. The Hall–Kier alpha value is -7.09. The Bertz CT molecular complexity index is 2760. The van der Waals surface area contributed by atoms with Crippen molar-refractivity contribution in [2.45, 2.75) is 56.3 Å². The summed E-state index contributed by atoms with van der Waals surface area (Å²) < 4.78 is 343. The van der Waals surface area contributed by atoms with Crippen molar-refractivity contribution in [1.29, 1.82) is 0 Å². The summed E-state index contributed by atoms with van der Waals surface area (Å²) >= 11 is 0. The molecule has 0 aliphatic carbocycles. The van der Waals surface area contributed by atoms with Gasteiger partial charge in [-0.05, 0) is 54.8 Å². The third kappa shape index (κ3) is 13.1. The van der Waals surface area contributed by atoms with E-state index in [0.717, 1.165) is 11.1 Å². The Morgan fingerprint density at radius 3 is 0.827 bits per heavy atom. The van der Waals surface area contributed by atoms with E-state index in [2.05, 4.69) is 19.1 Å². The minimum Gasteiger partial charge on any atom is -0.232 e. The number of alkyl halides is 24. The number of fused-ring (bicyclic) bond motifs is 1. The highest BCUT2D eigenvalue weighted by atomic mass is 19.4. The Kier molecular flexibility index (Phi) is 14.9. The zero-order valence-electron chi connectivity index (χ0n) is 36.8. The molecule has 27 heteroatoms. The molecule has 0 radical (unpaired) electrons. The SMILES string of the molecule is Cc1ccc(O[n+]2ccc3ccccc3c2)cc1.FC(F)(F)c1cc([B-](c2cc(C(F)(F)F)cc(C(F)(F)F)c2)(c2cc(C(F)(F)F)cc(C(F)(F)F)c2)c2cc(C(F)(F)F)cc(C(F)(F)F)c2)cc(C(F)(F)F)c1. The standard InChI is InChI=1S/C32H12BF24.C16H14NO/c34-25(35,36)13-1-14(26(37,38)39)6-21(5-13)33(22-7-15(27(40,41)42)2-16(8-22)28(43,44)45,23-9-17(29(46,47)48)3-18(10-23)30(49,50)51)24-11-19(31(52,53)54)4-20(12-24)32(55,56)57;1-13-6-8-16(9-7-13)18-17-11-10-14-4-2-3-5-15(14)12-17/h1-12H;2-12H,1H3/q-1;+1. The van der Waals surface area contributed by atoms with Gasteiger partial charge in [0.15, 0.2) is 0 Å². The van der Waals surface area contributed by atoms with Crippen molar-refractivity contribution < 1.29 is 115 Å². The second-order valence-electron chi connectivity index (χ2n) is 16.6. The van der Waals surface area contributed by atoms with Crippen molar-refractivity contribution in [3.8, 4) is 5.75 Å². The fraction of sp³-hybridized carbons (Fsp3) is 0.188. The van der Waals surface area contributed by atoms with Crippen LogP contribution in [0.25, 0.3) is 10.8 Å². The van der Waals surface area contributed by atoms with Crippen molar-refractivity contribution in [3.05, 3.63) is 190 Å². The number of hydrogen-bond donors (Lipinski definition) is 0. The van der Waals surface area contributed by atoms with Crippen molar-refractivity contribution in [1.82, 2.24) is 0 Å². The number of aryl methyl sites for hydroxylation is 1. The molecule has 400 valence electrons. The first-order valence-corrected chi connectivity index (χ1v) is 20.6. The van der Waals surface area contributed by atoms with Crippen LogP contribution in [0.4, 0.5) is 105 Å². The molecule has 0 saturated carbocycles. The molecule has 7 aromatic rings. The summed E-state index contributed by atoms with van der Waals surface area (Å²) in [5.74, 6) is 0.834. The second kappa shape index (κ2) is 19.6. The van der Waals surface area contributed by atoms with Crippen LogP contribution in [-0.2, 0) is 49.4 Å². The monoisotopic (exact) mass is 1100 g/mol. The number of nitrogens with zero attached hydrogens (tertiary/aromatic N) is 1. The zero-order valence-corrected chi connectivity index (χ0v) is 36.8. The molecule has 0 saturated heterocycles. The molecule has 0 bridgehead atoms. The quantitative estimate of drug-likeness (QED) is 0.0919. The molecule has 0 atom stereocenters. The van der Waals surface area contributed by atoms with Gasteiger partial charge in [-0.3, -0.25) is 0 Å². The first kappa shape index (κ1) is 57.2. The van der Waals surface area contributed by atoms with Crippen molar-refractivity contribution in [3.63, 3.8) is 0 Å². The molecule has 7 rings (SSSR count). The number of halogens is 24. The van der Waals surface area contributed by atoms with Crippen LogP contribution < -0.4 is 31.4 Å². The number of pyridine rings is 1. The molecule has 0 aliphatic rings. The molecular weight excluding hydrogens is 1070 g/mol. The predicted octanol–water partition coefficient (Wildman–Crippen LogP) is 14.5. The topological polar surface area (TPSA) is 13.1 Å². The van der Waals surface area contributed by atoms with Crippen LogP contribution in [0.15, 0.2) is 140 Å². The number of benzene rings is 6. The molecule has 2 nitrogen and oxygen atoms in total. The molecule has 1 aromatic heterocycles. The smallest absolute Gasteiger partial charge is 0.232 e. The number of rotatable bonds is 6. The third-order valence-corrected chi connectivity index (χ3v) is 11.3. The van der Waals surface area contributed by atoms with Crippen molar-refractivity contribution >= 4 is 38.8 Å². The average molecular weight is 1100 g/mol. The molecule has 0 unspecified atom stereocenters. The van der Waals surface area contributed by atoms with Gasteiger partial charge in [-0.25, -0.2) is 4.84 Å². The molecule has 0 N–H and O–H groups in total. The zero-order chi connectivity index (χ0) is 56.3. The van der Waals surface area contributed by atoms with Crippen molar-refractivity contribution in [2.75, 3.05) is 0 Å². The first-order valence-electron chi connectivity index (χ1n) is 20.6. The lowest BCUT2D eigenvalue weighted by molar-refractivity contribution is -0.874. The summed E-state index contributed by atoms with van der Waals surface area (Å²) in [6.45, 7) is 2.06. The largest absolute Gasteiger partial charge is 0.416 e. The summed E-state index contributed by atoms with van der Waals surface area (Å²) in [6, 6.07) is 9.48. The third-order valence-electron chi connectivity index (χ3n) is 11.3. The maximum Gasteiger partial charge on any atom is 0.416 e. The fourth-order valence-corrected chi connectivity index (χ4v) is 7.96. The van der Waals surface area contributed by atoms with Gasteiger partial charge in [0.05, 0.1) is 49.9 Å². The van der Waals surface area contributed by atoms with E-state index in [1.54, 1.807) is 4.73 Å². The van der Waals surface area contributed by atoms with E-state index in [0.29, 0.717) is 0 Å². The maximum absolute atomic E-state index is 14.2. The van der Waals surface area contributed by atoms with Gasteiger partial charge < -0.3 is 0 Å². The second-order valence-corrected chi connectivity index (χ2v) is 16.6. The van der Waals surface area contributed by atoms with Gasteiger partial charge in [0, 0.05) is 10.8 Å². The van der Waals surface area contributed by atoms with E-state index in [1.165, 1.54) is 10.9 Å². The van der Waals surface area contributed by atoms with Gasteiger partial charge >= 0.3 is 49.4 Å². The number of hydrogen-bond acceptors (Lipinski definition) is 1. The summed E-state index contributed by atoms with van der Waals surface area (Å²) in [7, 11) is 0. The fourth-order valence-electron chi connectivity index (χ4n) is 7.96. The molecular formula is C48H26BF24NO. The van der Waals surface area contributed by atoms with Crippen LogP contribution in [-0.4, -0.2) is 6.15 Å². The molecule has 0 amide bonds. The summed E-state index contributed by atoms with van der Waals surface area (Å²) in [5.41, 5.74) is -29.0. The normalized spacial score (nSPS) is 13.4. The molecule has 1 heterocycles. The van der Waals surface area contributed by atoms with Gasteiger partial charge in [-0.2, -0.15) is 127 Å². The van der Waals surface area contributed by atoms with Crippen LogP contribution in [0.1, 0.15) is 50.1 Å². The van der Waals surface area contributed by atoms with Crippen molar-refractivity contribution in [2.24, 2.45) is 0 Å². The lowest BCUT2D eigenvalue weighted by Crippen LogP contribution is -2.75. The summed E-state index contributed by atoms with van der Waals surface area (Å²) in [5, 5.41) is 2.37. The highest BCUT2D eigenvalue weighted by Gasteiger charge is 2.47. The molecule has 0 aliphatic heterocycles. The average Bonchev–Trinajstić information content (AvgIpc) is 3.27. The predicted molar refractivity (Wildman–Crippen MR) is 221 cm³/mol. The van der Waals surface area contributed by atoms with E-state index >= 15 is 0 Å². The highest BCUT2D eigenvalue weighted by molar-refractivity contribution is 7.20. The Labute approximate surface area is 405 Å².